The van der Waals surface area contributed by atoms with E-state index in [0.717, 1.165) is 25.7 Å². The molecule has 23 heavy (non-hydrogen) atoms. The summed E-state index contributed by atoms with van der Waals surface area (Å²) in [5, 5.41) is 3.34. The number of hydrogen-bond acceptors (Lipinski definition) is 1. The zero-order valence-electron chi connectivity index (χ0n) is 13.4. The Kier molecular flexibility index (Phi) is 3.68. The van der Waals surface area contributed by atoms with Gasteiger partial charge in [0.05, 0.1) is 11.5 Å². The van der Waals surface area contributed by atoms with Crippen LogP contribution in [-0.4, -0.2) is 5.91 Å². The van der Waals surface area contributed by atoms with E-state index < -0.39 is 0 Å². The zero-order valence-corrected chi connectivity index (χ0v) is 13.4. The van der Waals surface area contributed by atoms with Gasteiger partial charge in [0, 0.05) is 5.92 Å². The Morgan fingerprint density at radius 3 is 1.96 bits per heavy atom. The molecule has 1 amide bonds. The van der Waals surface area contributed by atoms with Gasteiger partial charge in [0.15, 0.2) is 0 Å². The van der Waals surface area contributed by atoms with E-state index >= 15 is 0 Å². The van der Waals surface area contributed by atoms with Gasteiger partial charge >= 0.3 is 0 Å². The molecule has 1 saturated heterocycles. The first-order valence-corrected chi connectivity index (χ1v) is 8.72. The number of rotatable bonds is 2. The van der Waals surface area contributed by atoms with Crippen LogP contribution in [0.3, 0.4) is 0 Å². The molecule has 1 heterocycles. The molecular formula is C21H23NO. The van der Waals surface area contributed by atoms with Crippen LogP contribution in [0.25, 0.3) is 0 Å². The lowest BCUT2D eigenvalue weighted by Crippen LogP contribution is -2.36. The molecule has 1 saturated carbocycles. The van der Waals surface area contributed by atoms with Crippen LogP contribution in [0, 0.1) is 5.41 Å². The van der Waals surface area contributed by atoms with Gasteiger partial charge in [-0.2, -0.15) is 0 Å². The maximum Gasteiger partial charge on any atom is 0.227 e. The molecule has 2 aromatic rings. The Morgan fingerprint density at radius 2 is 1.35 bits per heavy atom. The van der Waals surface area contributed by atoms with Crippen molar-refractivity contribution in [2.24, 2.45) is 5.41 Å². The quantitative estimate of drug-likeness (QED) is 0.863. The van der Waals surface area contributed by atoms with Gasteiger partial charge in [-0.1, -0.05) is 79.9 Å². The molecule has 2 aliphatic rings. The van der Waals surface area contributed by atoms with E-state index in [1.807, 2.05) is 6.07 Å². The molecule has 118 valence electrons. The molecule has 1 aliphatic heterocycles. The van der Waals surface area contributed by atoms with Crippen LogP contribution in [0.1, 0.15) is 55.2 Å². The minimum absolute atomic E-state index is 0.0872. The van der Waals surface area contributed by atoms with Gasteiger partial charge in [-0.15, -0.1) is 0 Å². The number of nitrogens with one attached hydrogen (secondary N) is 1. The van der Waals surface area contributed by atoms with Crippen molar-refractivity contribution in [2.75, 3.05) is 0 Å². The van der Waals surface area contributed by atoms with Crippen LogP contribution < -0.4 is 5.32 Å². The average molecular weight is 305 g/mol. The van der Waals surface area contributed by atoms with Gasteiger partial charge in [-0.25, -0.2) is 0 Å². The summed E-state index contributed by atoms with van der Waals surface area (Å²) in [6, 6.07) is 21.2. The molecule has 2 atom stereocenters. The molecule has 0 bridgehead atoms. The predicted octanol–water partition coefficient (Wildman–Crippen LogP) is 4.59. The summed E-state index contributed by atoms with van der Waals surface area (Å²) in [6.45, 7) is 0. The normalized spacial score (nSPS) is 26.2. The van der Waals surface area contributed by atoms with Gasteiger partial charge in [0.2, 0.25) is 5.91 Å². The first-order valence-electron chi connectivity index (χ1n) is 8.72. The third-order valence-electron chi connectivity index (χ3n) is 5.73. The van der Waals surface area contributed by atoms with Gasteiger partial charge < -0.3 is 5.32 Å². The SMILES string of the molecule is O=C1N[C@H](c2ccccc2)[C@@H](c2ccccc2)C12CCCCC2. The first-order chi connectivity index (χ1) is 11.3. The van der Waals surface area contributed by atoms with E-state index in [4.69, 9.17) is 0 Å². The molecule has 2 aromatic carbocycles. The van der Waals surface area contributed by atoms with Crippen molar-refractivity contribution in [3.63, 3.8) is 0 Å². The van der Waals surface area contributed by atoms with Crippen molar-refractivity contribution in [3.8, 4) is 0 Å². The Balaban J connectivity index is 1.82. The number of carbonyl (C=O) groups is 1. The van der Waals surface area contributed by atoms with E-state index in [2.05, 4.69) is 59.9 Å². The molecule has 2 fully saturated rings. The van der Waals surface area contributed by atoms with E-state index in [1.165, 1.54) is 17.5 Å². The minimum Gasteiger partial charge on any atom is -0.348 e. The van der Waals surface area contributed by atoms with Crippen LogP contribution in [0.15, 0.2) is 60.7 Å². The second-order valence-corrected chi connectivity index (χ2v) is 6.97. The molecule has 1 spiro atoms. The highest BCUT2D eigenvalue weighted by atomic mass is 16.2. The summed E-state index contributed by atoms with van der Waals surface area (Å²) in [6.07, 6.45) is 5.62. The van der Waals surface area contributed by atoms with Gasteiger partial charge in [0.1, 0.15) is 0 Å². The summed E-state index contributed by atoms with van der Waals surface area (Å²) in [5.74, 6) is 0.499. The smallest absolute Gasteiger partial charge is 0.227 e. The van der Waals surface area contributed by atoms with Crippen LogP contribution in [-0.2, 0) is 4.79 Å². The van der Waals surface area contributed by atoms with Crippen LogP contribution in [0.2, 0.25) is 0 Å². The van der Waals surface area contributed by atoms with Crippen molar-refractivity contribution >= 4 is 5.91 Å². The number of carbonyl (C=O) groups excluding carboxylic acids is 1. The zero-order chi connectivity index (χ0) is 15.7. The molecule has 0 aromatic heterocycles. The average Bonchev–Trinajstić information content (AvgIpc) is 2.89. The highest BCUT2D eigenvalue weighted by molar-refractivity contribution is 5.87. The van der Waals surface area contributed by atoms with Gasteiger partial charge in [0.25, 0.3) is 0 Å². The molecular weight excluding hydrogens is 282 g/mol. The van der Waals surface area contributed by atoms with Crippen LogP contribution in [0.4, 0.5) is 0 Å². The fourth-order valence-electron chi connectivity index (χ4n) is 4.66. The third kappa shape index (κ3) is 2.37. The summed E-state index contributed by atoms with van der Waals surface area (Å²) >= 11 is 0. The second kappa shape index (κ2) is 5.84. The molecule has 2 nitrogen and oxygen atoms in total. The van der Waals surface area contributed by atoms with E-state index in [1.54, 1.807) is 0 Å². The lowest BCUT2D eigenvalue weighted by atomic mass is 9.63. The number of amides is 1. The highest BCUT2D eigenvalue weighted by Crippen LogP contribution is 2.56. The van der Waals surface area contributed by atoms with Crippen molar-refractivity contribution in [3.05, 3.63) is 71.8 Å². The third-order valence-corrected chi connectivity index (χ3v) is 5.73. The Bertz CT molecular complexity index is 674. The Morgan fingerprint density at radius 1 is 0.783 bits per heavy atom. The monoisotopic (exact) mass is 305 g/mol. The highest BCUT2D eigenvalue weighted by Gasteiger charge is 2.55. The lowest BCUT2D eigenvalue weighted by molar-refractivity contribution is -0.129. The second-order valence-electron chi connectivity index (χ2n) is 6.97. The lowest BCUT2D eigenvalue weighted by Gasteiger charge is -2.37. The molecule has 1 aliphatic carbocycles. The fraction of sp³-hybridized carbons (Fsp3) is 0.381. The Labute approximate surface area is 137 Å². The number of hydrogen-bond donors (Lipinski definition) is 1. The van der Waals surface area contributed by atoms with Gasteiger partial charge in [-0.05, 0) is 24.0 Å². The topological polar surface area (TPSA) is 29.1 Å². The van der Waals surface area contributed by atoms with E-state index in [0.29, 0.717) is 0 Å². The summed E-state index contributed by atoms with van der Waals surface area (Å²) in [5.41, 5.74) is 2.29. The maximum atomic E-state index is 13.0. The van der Waals surface area contributed by atoms with Crippen molar-refractivity contribution in [2.45, 2.75) is 44.1 Å². The van der Waals surface area contributed by atoms with E-state index in [9.17, 15) is 4.79 Å². The van der Waals surface area contributed by atoms with Gasteiger partial charge in [-0.3, -0.25) is 4.79 Å². The molecule has 0 radical (unpaired) electrons. The van der Waals surface area contributed by atoms with Crippen molar-refractivity contribution in [1.82, 2.24) is 5.32 Å². The summed E-state index contributed by atoms with van der Waals surface area (Å²) in [7, 11) is 0. The summed E-state index contributed by atoms with van der Waals surface area (Å²) in [4.78, 5) is 13.0. The number of benzene rings is 2. The predicted molar refractivity (Wildman–Crippen MR) is 92.0 cm³/mol. The molecule has 4 rings (SSSR count). The van der Waals surface area contributed by atoms with Crippen LogP contribution >= 0.6 is 0 Å². The van der Waals surface area contributed by atoms with Crippen LogP contribution in [0.5, 0.6) is 0 Å². The molecule has 2 heteroatoms. The maximum absolute atomic E-state index is 13.0. The van der Waals surface area contributed by atoms with Crippen molar-refractivity contribution < 1.29 is 4.79 Å². The Hall–Kier alpha value is -2.09. The first kappa shape index (κ1) is 14.5. The molecule has 1 N–H and O–H groups in total. The largest absolute Gasteiger partial charge is 0.348 e. The summed E-state index contributed by atoms with van der Waals surface area (Å²) < 4.78 is 0. The fourth-order valence-corrected chi connectivity index (χ4v) is 4.66. The molecule has 0 unspecified atom stereocenters. The standard InChI is InChI=1S/C21H23NO/c23-20-21(14-8-3-9-15-21)18(16-10-4-1-5-11-16)19(22-20)17-12-6-2-7-13-17/h1-2,4-7,10-13,18-19H,3,8-9,14-15H2,(H,22,23)/t18-,19-/m1/s1. The minimum atomic E-state index is -0.222. The van der Waals surface area contributed by atoms with Crippen molar-refractivity contribution in [1.29, 1.82) is 0 Å². The van der Waals surface area contributed by atoms with E-state index in [-0.39, 0.29) is 23.3 Å².